The van der Waals surface area contributed by atoms with Gasteiger partial charge in [0.15, 0.2) is 23.9 Å². The van der Waals surface area contributed by atoms with Crippen molar-refractivity contribution in [2.45, 2.75) is 67.5 Å². The van der Waals surface area contributed by atoms with Crippen LogP contribution in [-0.4, -0.2) is 170 Å². The molecule has 3 saturated heterocycles. The van der Waals surface area contributed by atoms with E-state index < -0.39 is 140 Å². The Morgan fingerprint density at radius 3 is 2.11 bits per heavy atom. The molecular weight excluding hydrogens is 1040 g/mol. The molecule has 12 N–H and O–H groups in total. The van der Waals surface area contributed by atoms with Gasteiger partial charge in [0.05, 0.1) is 45.9 Å². The van der Waals surface area contributed by atoms with E-state index in [1.165, 1.54) is 47.6 Å². The zero-order valence-electron chi connectivity index (χ0n) is 37.5. The van der Waals surface area contributed by atoms with Gasteiger partial charge in [-0.2, -0.15) is 18.2 Å². The van der Waals surface area contributed by atoms with Gasteiger partial charge in [0.1, 0.15) is 61.4 Å². The van der Waals surface area contributed by atoms with Gasteiger partial charge < -0.3 is 74.6 Å². The minimum Gasteiger partial charge on any atom is -0.387 e. The summed E-state index contributed by atoms with van der Waals surface area (Å²) in [6, 6.07) is 1.01. The summed E-state index contributed by atoms with van der Waals surface area (Å²) < 4.78 is 103. The molecule has 5 aromatic rings. The second kappa shape index (κ2) is 21.2. The molecule has 0 amide bonds. The van der Waals surface area contributed by atoms with Crippen molar-refractivity contribution in [1.29, 1.82) is 0 Å². The maximum atomic E-state index is 13.2. The molecule has 0 saturated carbocycles. The molecule has 0 radical (unpaired) electrons. The first kappa shape index (κ1) is 53.5. The molecule has 15 atom stereocenters. The van der Waals surface area contributed by atoms with Crippen LogP contribution in [0.15, 0.2) is 45.6 Å². The topological polar surface area (TPSA) is 479 Å². The van der Waals surface area contributed by atoms with E-state index in [1.54, 1.807) is 0 Å². The molecule has 4 unspecified atom stereocenters. The Bertz CT molecular complexity index is 3100. The second-order valence-electron chi connectivity index (χ2n) is 16.1. The number of aliphatic hydroxyl groups excluding tert-OH is 3. The van der Waals surface area contributed by atoms with Crippen LogP contribution in [0.25, 0.3) is 22.3 Å². The van der Waals surface area contributed by atoms with Crippen LogP contribution < -0.4 is 32.8 Å². The lowest BCUT2D eigenvalue weighted by molar-refractivity contribution is -0.646. The number of fused-ring (bicyclic) bond motifs is 2. The average molecular weight is 1090 g/mol. The number of ether oxygens (including phenoxy) is 7. The molecule has 0 spiro atoms. The summed E-state index contributed by atoms with van der Waals surface area (Å²) in [7, 11) is -13.5. The van der Waals surface area contributed by atoms with Gasteiger partial charge in [-0.15, -0.1) is 0 Å². The summed E-state index contributed by atoms with van der Waals surface area (Å²) in [4.78, 5) is 88.7. The lowest BCUT2D eigenvalue weighted by Gasteiger charge is -2.24. The Morgan fingerprint density at radius 2 is 1.43 bits per heavy atom. The third-order valence-corrected chi connectivity index (χ3v) is 15.7. The van der Waals surface area contributed by atoms with Crippen LogP contribution in [-0.2, 0) is 71.6 Å². The molecule has 3 aliphatic rings. The van der Waals surface area contributed by atoms with Crippen molar-refractivity contribution in [3.8, 4) is 0 Å². The Morgan fingerprint density at radius 1 is 0.764 bits per heavy atom. The number of rotatable bonds is 21. The van der Waals surface area contributed by atoms with E-state index in [0.29, 0.717) is 0 Å². The lowest BCUT2D eigenvalue weighted by Crippen LogP contribution is -2.39. The Labute approximate surface area is 401 Å². The molecular formula is C34H48N12O23P3+. The van der Waals surface area contributed by atoms with Crippen LogP contribution in [0.1, 0.15) is 18.7 Å². The number of aromatic nitrogens is 10. The van der Waals surface area contributed by atoms with Crippen molar-refractivity contribution < 1.29 is 99.1 Å². The summed E-state index contributed by atoms with van der Waals surface area (Å²) >= 11 is 0. The van der Waals surface area contributed by atoms with E-state index in [9.17, 15) is 58.1 Å². The van der Waals surface area contributed by atoms with E-state index in [1.807, 2.05) is 4.98 Å². The third kappa shape index (κ3) is 11.2. The van der Waals surface area contributed by atoms with Crippen LogP contribution in [0, 0.1) is 5.92 Å². The summed E-state index contributed by atoms with van der Waals surface area (Å²) in [6.07, 6.45) is -10.3. The van der Waals surface area contributed by atoms with Crippen LogP contribution in [0.4, 0.5) is 11.8 Å². The highest BCUT2D eigenvalue weighted by Crippen LogP contribution is 2.68. The monoisotopic (exact) mass is 1090 g/mol. The van der Waals surface area contributed by atoms with Crippen molar-refractivity contribution in [1.82, 2.24) is 43.6 Å². The molecule has 8 heterocycles. The van der Waals surface area contributed by atoms with Crippen LogP contribution in [0.3, 0.4) is 0 Å². The molecule has 0 aliphatic carbocycles. The maximum Gasteiger partial charge on any atom is 0.490 e. The second-order valence-corrected chi connectivity index (χ2v) is 20.8. The number of hydrogen-bond acceptors (Lipinski definition) is 26. The molecule has 3 fully saturated rings. The predicted octanol–water partition coefficient (Wildman–Crippen LogP) is -4.12. The number of methoxy groups -OCH3 is 2. The minimum absolute atomic E-state index is 0.00199. The number of nitrogen functional groups attached to an aromatic ring is 2. The molecule has 0 bridgehead atoms. The number of nitrogens with two attached hydrogens (primary N) is 2. The van der Waals surface area contributed by atoms with E-state index in [-0.39, 0.29) is 40.7 Å². The number of phosphoric acid groups is 3. The van der Waals surface area contributed by atoms with Gasteiger partial charge in [0.25, 0.3) is 16.7 Å². The van der Waals surface area contributed by atoms with Gasteiger partial charge >= 0.3 is 34.7 Å². The molecule has 35 nitrogen and oxygen atoms in total. The highest BCUT2D eigenvalue weighted by atomic mass is 31.3. The molecule has 5 aromatic heterocycles. The Kier molecular flexibility index (Phi) is 15.7. The van der Waals surface area contributed by atoms with Crippen LogP contribution in [0.2, 0.25) is 0 Å². The highest BCUT2D eigenvalue weighted by molar-refractivity contribution is 7.66. The van der Waals surface area contributed by atoms with E-state index >= 15 is 0 Å². The number of H-pyrrole nitrogens is 2. The quantitative estimate of drug-likeness (QED) is 0.0144. The van der Waals surface area contributed by atoms with Crippen molar-refractivity contribution in [2.24, 2.45) is 13.0 Å². The van der Waals surface area contributed by atoms with Crippen LogP contribution >= 0.6 is 23.5 Å². The first-order valence-corrected chi connectivity index (χ1v) is 25.4. The fourth-order valence-electron chi connectivity index (χ4n) is 8.29. The molecule has 72 heavy (non-hydrogen) atoms. The normalized spacial score (nSPS) is 30.2. The standard InChI is InChI=1S/C34H47N12O23P3/c1-43-12-46(28-20(43)29(51)42-33(36)41-28)30-21(48)14(6-59-2)15(65-30)8-63-70(53,54)68-72(57,58)69-71(55,56)64-9-17-24(25(60-3)32(67-17)45-11-39-19-26(35)37-10-38-27(19)45)62-13-61-7-16-22(49)23(50)31(66-16)44-5-4-18(47)40-34(44)52/h4-5,10-12,14-17,21-25,30-32,48-50H,6-9,13H2,1-3H3,(H8-,35,36,37,38,40,41,42,47,51,52,53,54,55,56,57,58)/p+1/t14-,15-,16-,17?,21-,22-,23-,24-,25-,30-,31-,32-/m1/s1. The number of aliphatic hydroxyl groups is 3. The number of aryl methyl sites for hydroxylation is 1. The fraction of sp³-hybridized carbons (Fsp3) is 0.588. The molecule has 38 heteroatoms. The van der Waals surface area contributed by atoms with E-state index in [4.69, 9.17) is 53.7 Å². The van der Waals surface area contributed by atoms with Gasteiger partial charge in [-0.1, -0.05) is 0 Å². The Hall–Kier alpha value is -4.81. The largest absolute Gasteiger partial charge is 0.490 e. The summed E-state index contributed by atoms with van der Waals surface area (Å²) in [5.74, 6) is -1.25. The highest BCUT2D eigenvalue weighted by Gasteiger charge is 2.52. The van der Waals surface area contributed by atoms with Crippen molar-refractivity contribution >= 4 is 57.6 Å². The predicted molar refractivity (Wildman–Crippen MR) is 232 cm³/mol. The summed E-state index contributed by atoms with van der Waals surface area (Å²) in [5.41, 5.74) is 9.82. The van der Waals surface area contributed by atoms with E-state index in [2.05, 4.69) is 33.5 Å². The smallest absolute Gasteiger partial charge is 0.387 e. The number of imidazole rings is 2. The molecule has 3 aliphatic heterocycles. The van der Waals surface area contributed by atoms with Crippen molar-refractivity contribution in [3.63, 3.8) is 0 Å². The van der Waals surface area contributed by atoms with Crippen LogP contribution in [0.5, 0.6) is 0 Å². The number of aromatic amines is 2. The molecule has 396 valence electrons. The first-order chi connectivity index (χ1) is 34.0. The SMILES string of the molecule is COC[C@H]1[C@@H](O)[C@H](n2c[n+](C)c3c(=O)[nH]c(N)nc32)O[C@@H]1COP(=O)(O)OP(=O)(O)OP(=O)(O)OCC1O[C@@H](n2cnc3c(N)ncnc32)[C@H](OC)[C@@H]1OCOC[C@H]1O[C@@H](n2ccc(=O)[nH]c2=O)[C@H](O)[C@@H]1O. The van der Waals surface area contributed by atoms with Gasteiger partial charge in [-0.3, -0.25) is 37.7 Å². The number of anilines is 2. The fourth-order valence-corrected chi connectivity index (χ4v) is 11.8. The third-order valence-electron chi connectivity index (χ3n) is 11.5. The average Bonchev–Trinajstić information content (AvgIpc) is 4.10. The lowest BCUT2D eigenvalue weighted by atomic mass is 9.99. The zero-order chi connectivity index (χ0) is 52.0. The van der Waals surface area contributed by atoms with Gasteiger partial charge in [0, 0.05) is 32.4 Å². The van der Waals surface area contributed by atoms with Gasteiger partial charge in [-0.25, -0.2) is 38.0 Å². The Balaban J connectivity index is 0.911. The van der Waals surface area contributed by atoms with Gasteiger partial charge in [0.2, 0.25) is 18.5 Å². The summed E-state index contributed by atoms with van der Waals surface area (Å²) in [5, 5.41) is 32.5. The first-order valence-electron chi connectivity index (χ1n) is 20.9. The number of phosphoric ester groups is 2. The van der Waals surface area contributed by atoms with Gasteiger partial charge in [-0.05, 0) is 0 Å². The number of nitrogens with one attached hydrogen (secondary N) is 2. The number of hydrogen-bond donors (Lipinski definition) is 10. The molecule has 0 aromatic carbocycles. The number of nitrogens with zero attached hydrogens (tertiary/aromatic N) is 8. The molecule has 8 rings (SSSR count). The van der Waals surface area contributed by atoms with Crippen molar-refractivity contribution in [2.75, 3.05) is 58.9 Å². The maximum absolute atomic E-state index is 13.2. The van der Waals surface area contributed by atoms with E-state index in [0.717, 1.165) is 23.2 Å². The summed E-state index contributed by atoms with van der Waals surface area (Å²) in [6.45, 7) is -3.26. The zero-order valence-corrected chi connectivity index (χ0v) is 40.2. The minimum atomic E-state index is -6.07. The van der Waals surface area contributed by atoms with Crippen molar-refractivity contribution in [3.05, 3.63) is 62.4 Å².